The monoisotopic (exact) mass is 229 g/mol. The van der Waals surface area contributed by atoms with E-state index in [-0.39, 0.29) is 18.0 Å². The third-order valence-corrected chi connectivity index (χ3v) is 3.23. The van der Waals surface area contributed by atoms with E-state index in [1.54, 1.807) is 7.11 Å². The van der Waals surface area contributed by atoms with Crippen molar-refractivity contribution in [1.29, 1.82) is 0 Å². The van der Waals surface area contributed by atoms with Crippen LogP contribution in [-0.2, 0) is 14.3 Å². The van der Waals surface area contributed by atoms with Crippen molar-refractivity contribution >= 4 is 5.97 Å². The van der Waals surface area contributed by atoms with Crippen LogP contribution >= 0.6 is 0 Å². The van der Waals surface area contributed by atoms with Crippen LogP contribution in [0.1, 0.15) is 32.6 Å². The molecule has 0 heterocycles. The van der Waals surface area contributed by atoms with Crippen LogP contribution in [0.5, 0.6) is 0 Å². The van der Waals surface area contributed by atoms with E-state index in [1.807, 2.05) is 6.92 Å². The van der Waals surface area contributed by atoms with Crippen molar-refractivity contribution in [2.45, 2.75) is 38.7 Å². The van der Waals surface area contributed by atoms with Gasteiger partial charge in [0.25, 0.3) is 0 Å². The summed E-state index contributed by atoms with van der Waals surface area (Å²) in [5.41, 5.74) is 5.61. The summed E-state index contributed by atoms with van der Waals surface area (Å²) in [4.78, 5) is 11.8. The Kier molecular flexibility index (Phi) is 5.77. The third kappa shape index (κ3) is 4.10. The van der Waals surface area contributed by atoms with Gasteiger partial charge >= 0.3 is 5.97 Å². The summed E-state index contributed by atoms with van der Waals surface area (Å²) >= 11 is 0. The van der Waals surface area contributed by atoms with Crippen molar-refractivity contribution in [2.24, 2.45) is 17.6 Å². The Morgan fingerprint density at radius 1 is 1.38 bits per heavy atom. The second-order valence-corrected chi connectivity index (χ2v) is 4.66. The van der Waals surface area contributed by atoms with Crippen molar-refractivity contribution in [3.05, 3.63) is 0 Å². The van der Waals surface area contributed by atoms with Crippen molar-refractivity contribution in [3.8, 4) is 0 Å². The summed E-state index contributed by atoms with van der Waals surface area (Å²) in [6.07, 6.45) is 3.79. The Hall–Kier alpha value is -0.610. The molecular formula is C12H23NO3. The van der Waals surface area contributed by atoms with Crippen molar-refractivity contribution in [1.82, 2.24) is 0 Å². The summed E-state index contributed by atoms with van der Waals surface area (Å²) in [5, 5.41) is 0. The number of carbonyl (C=O) groups excluding carboxylic acids is 1. The molecule has 16 heavy (non-hydrogen) atoms. The molecule has 0 radical (unpaired) electrons. The minimum absolute atomic E-state index is 0.0694. The van der Waals surface area contributed by atoms with E-state index in [2.05, 4.69) is 0 Å². The number of nitrogens with two attached hydrogens (primary N) is 1. The highest BCUT2D eigenvalue weighted by Crippen LogP contribution is 2.29. The van der Waals surface area contributed by atoms with Crippen LogP contribution in [-0.4, -0.2) is 32.3 Å². The average Bonchev–Trinajstić information content (AvgIpc) is 2.29. The third-order valence-electron chi connectivity index (χ3n) is 3.23. The molecule has 4 nitrogen and oxygen atoms in total. The number of hydrogen-bond acceptors (Lipinski definition) is 4. The number of rotatable bonds is 5. The zero-order chi connectivity index (χ0) is 12.0. The van der Waals surface area contributed by atoms with Gasteiger partial charge in [-0.2, -0.15) is 0 Å². The molecule has 0 amide bonds. The first-order chi connectivity index (χ1) is 7.67. The van der Waals surface area contributed by atoms with E-state index in [9.17, 15) is 4.79 Å². The van der Waals surface area contributed by atoms with E-state index < -0.39 is 0 Å². The molecule has 4 heteroatoms. The van der Waals surface area contributed by atoms with Gasteiger partial charge in [0.05, 0.1) is 12.5 Å². The van der Waals surface area contributed by atoms with E-state index >= 15 is 0 Å². The summed E-state index contributed by atoms with van der Waals surface area (Å²) in [7, 11) is 1.61. The highest BCUT2D eigenvalue weighted by atomic mass is 16.6. The first-order valence-electron chi connectivity index (χ1n) is 6.06. The maximum Gasteiger partial charge on any atom is 0.309 e. The second-order valence-electron chi connectivity index (χ2n) is 4.66. The molecular weight excluding hydrogens is 206 g/mol. The van der Waals surface area contributed by atoms with Crippen LogP contribution in [0.4, 0.5) is 0 Å². The van der Waals surface area contributed by atoms with Gasteiger partial charge < -0.3 is 15.2 Å². The Bertz CT molecular complexity index is 212. The molecule has 1 rings (SSSR count). The summed E-state index contributed by atoms with van der Waals surface area (Å²) in [6, 6.07) is 0. The molecule has 0 spiro atoms. The molecule has 0 bridgehead atoms. The zero-order valence-corrected chi connectivity index (χ0v) is 10.3. The van der Waals surface area contributed by atoms with Gasteiger partial charge in [0, 0.05) is 7.11 Å². The number of methoxy groups -OCH3 is 1. The van der Waals surface area contributed by atoms with Gasteiger partial charge in [0.15, 0.2) is 0 Å². The molecule has 0 aromatic rings. The minimum Gasteiger partial charge on any atom is -0.460 e. The van der Waals surface area contributed by atoms with Gasteiger partial charge in [-0.3, -0.25) is 4.79 Å². The van der Waals surface area contributed by atoms with Gasteiger partial charge in [-0.05, 0) is 45.1 Å². The van der Waals surface area contributed by atoms with Gasteiger partial charge in [-0.15, -0.1) is 0 Å². The molecule has 0 aromatic heterocycles. The summed E-state index contributed by atoms with van der Waals surface area (Å²) in [6.45, 7) is 3.05. The van der Waals surface area contributed by atoms with Crippen LogP contribution in [0.2, 0.25) is 0 Å². The predicted octanol–water partition coefficient (Wildman–Crippen LogP) is 1.33. The maximum absolute atomic E-state index is 11.8. The van der Waals surface area contributed by atoms with Crippen molar-refractivity contribution in [2.75, 3.05) is 20.3 Å². The lowest BCUT2D eigenvalue weighted by Crippen LogP contribution is -2.30. The molecule has 1 unspecified atom stereocenters. The fourth-order valence-electron chi connectivity index (χ4n) is 2.20. The number of carbonyl (C=O) groups is 1. The molecule has 94 valence electrons. The van der Waals surface area contributed by atoms with Gasteiger partial charge in [0.2, 0.25) is 0 Å². The molecule has 0 aromatic carbocycles. The largest absolute Gasteiger partial charge is 0.460 e. The van der Waals surface area contributed by atoms with Crippen LogP contribution in [0.15, 0.2) is 0 Å². The minimum atomic E-state index is -0.148. The van der Waals surface area contributed by atoms with E-state index in [0.29, 0.717) is 12.5 Å². The lowest BCUT2D eigenvalue weighted by atomic mass is 9.82. The van der Waals surface area contributed by atoms with Crippen LogP contribution in [0.25, 0.3) is 0 Å². The zero-order valence-electron chi connectivity index (χ0n) is 10.3. The Morgan fingerprint density at radius 2 is 2.00 bits per heavy atom. The quantitative estimate of drug-likeness (QED) is 0.722. The lowest BCUT2D eigenvalue weighted by molar-refractivity contribution is -0.156. The van der Waals surface area contributed by atoms with Crippen LogP contribution in [0.3, 0.4) is 0 Å². The van der Waals surface area contributed by atoms with Crippen molar-refractivity contribution in [3.63, 3.8) is 0 Å². The standard InChI is InChI=1S/C12H23NO3/c1-9(8-15-2)16-12(14)11-5-3-10(7-13)4-6-11/h9-11H,3-8,13H2,1-2H3. The molecule has 0 saturated heterocycles. The summed E-state index contributed by atoms with van der Waals surface area (Å²) < 4.78 is 10.2. The first kappa shape index (κ1) is 13.5. The summed E-state index contributed by atoms with van der Waals surface area (Å²) in [5.74, 6) is 0.600. The second kappa shape index (κ2) is 6.86. The fourth-order valence-corrected chi connectivity index (χ4v) is 2.20. The van der Waals surface area contributed by atoms with Gasteiger partial charge in [-0.1, -0.05) is 0 Å². The van der Waals surface area contributed by atoms with Crippen LogP contribution < -0.4 is 5.73 Å². The normalized spacial score (nSPS) is 27.4. The smallest absolute Gasteiger partial charge is 0.309 e. The Balaban J connectivity index is 2.27. The Morgan fingerprint density at radius 3 is 2.50 bits per heavy atom. The molecule has 1 fully saturated rings. The van der Waals surface area contributed by atoms with Crippen molar-refractivity contribution < 1.29 is 14.3 Å². The Labute approximate surface area is 97.5 Å². The van der Waals surface area contributed by atoms with E-state index in [0.717, 1.165) is 32.2 Å². The molecule has 1 saturated carbocycles. The fraction of sp³-hybridized carbons (Fsp3) is 0.917. The molecule has 2 N–H and O–H groups in total. The molecule has 1 atom stereocenters. The molecule has 0 aliphatic heterocycles. The number of esters is 1. The maximum atomic E-state index is 11.8. The van der Waals surface area contributed by atoms with Gasteiger partial charge in [0.1, 0.15) is 6.10 Å². The van der Waals surface area contributed by atoms with E-state index in [4.69, 9.17) is 15.2 Å². The molecule has 1 aliphatic rings. The number of ether oxygens (including phenoxy) is 2. The molecule has 1 aliphatic carbocycles. The predicted molar refractivity (Wildman–Crippen MR) is 61.9 cm³/mol. The topological polar surface area (TPSA) is 61.5 Å². The van der Waals surface area contributed by atoms with Gasteiger partial charge in [-0.25, -0.2) is 0 Å². The number of hydrogen-bond donors (Lipinski definition) is 1. The van der Waals surface area contributed by atoms with E-state index in [1.165, 1.54) is 0 Å². The SMILES string of the molecule is COCC(C)OC(=O)C1CCC(CN)CC1. The average molecular weight is 229 g/mol. The highest BCUT2D eigenvalue weighted by molar-refractivity contribution is 5.72. The van der Waals surface area contributed by atoms with Crippen LogP contribution in [0, 0.1) is 11.8 Å². The highest BCUT2D eigenvalue weighted by Gasteiger charge is 2.27. The first-order valence-corrected chi connectivity index (χ1v) is 6.06. The lowest BCUT2D eigenvalue weighted by Gasteiger charge is -2.27.